The minimum absolute atomic E-state index is 0.344. The molecule has 0 atom stereocenters. The van der Waals surface area contributed by atoms with E-state index in [1.807, 2.05) is 60.7 Å². The van der Waals surface area contributed by atoms with Gasteiger partial charge in [0.15, 0.2) is 11.5 Å². The Morgan fingerprint density at radius 2 is 1.00 bits per heavy atom. The van der Waals surface area contributed by atoms with Gasteiger partial charge in [0.05, 0.1) is 15.3 Å². The first-order valence-electron chi connectivity index (χ1n) is 16.0. The Kier molecular flexibility index (Phi) is 9.51. The molecule has 8 heteroatoms. The Morgan fingerprint density at radius 1 is 0.600 bits per heavy atom. The molecule has 0 bridgehead atoms. The fraction of sp³-hybridized carbons (Fsp3) is 0.351. The second kappa shape index (κ2) is 13.5. The summed E-state index contributed by atoms with van der Waals surface area (Å²) < 4.78 is 0. The first kappa shape index (κ1) is 31.7. The molecule has 234 valence electrons. The third kappa shape index (κ3) is 5.77. The smallest absolute Gasteiger partial charge is 0.311 e. The molecule has 2 N–H and O–H groups in total. The van der Waals surface area contributed by atoms with Gasteiger partial charge in [0.2, 0.25) is 0 Å². The molecule has 0 fully saturated rings. The summed E-state index contributed by atoms with van der Waals surface area (Å²) in [4.78, 5) is 23.6. The summed E-state index contributed by atoms with van der Waals surface area (Å²) in [6, 6.07) is 22.1. The van der Waals surface area contributed by atoms with Crippen LogP contribution in [0.2, 0.25) is 0 Å². The van der Waals surface area contributed by atoms with Crippen LogP contribution in [0.3, 0.4) is 0 Å². The molecule has 0 spiro atoms. The normalized spacial score (nSPS) is 12.9. The van der Waals surface area contributed by atoms with Crippen molar-refractivity contribution in [2.24, 2.45) is 0 Å². The molecular weight excluding hydrogens is 568 g/mol. The molecule has 4 aromatic carbocycles. The van der Waals surface area contributed by atoms with Crippen molar-refractivity contribution in [1.82, 2.24) is 0 Å². The summed E-state index contributed by atoms with van der Waals surface area (Å²) in [5.74, 6) is -0.688. The van der Waals surface area contributed by atoms with Crippen molar-refractivity contribution in [3.63, 3.8) is 0 Å². The van der Waals surface area contributed by atoms with Crippen LogP contribution in [0.4, 0.5) is 11.4 Å². The van der Waals surface area contributed by atoms with Crippen LogP contribution in [0.5, 0.6) is 11.5 Å². The van der Waals surface area contributed by atoms with Crippen LogP contribution < -0.4 is 0 Å². The van der Waals surface area contributed by atoms with Crippen LogP contribution in [0.1, 0.15) is 98.6 Å². The third-order valence-electron chi connectivity index (χ3n) is 9.15. The van der Waals surface area contributed by atoms with Gasteiger partial charge in [-0.3, -0.25) is 20.2 Å². The van der Waals surface area contributed by atoms with E-state index in [1.54, 1.807) is 0 Å². The fourth-order valence-corrected chi connectivity index (χ4v) is 6.96. The first-order chi connectivity index (χ1) is 21.7. The average molecular weight is 609 g/mol. The number of fused-ring (bicyclic) bond motifs is 3. The van der Waals surface area contributed by atoms with E-state index in [0.717, 1.165) is 73.6 Å². The standard InChI is InChI=1S/C37H40N2O6/c1-3-5-7-9-15-25-21-27(23-33(35(25)40)38(42)43)37(31-19-13-11-17-29(31)30-18-12-14-20-32(30)37)28-22-26(16-10-8-6-4-2)36(41)34(24-28)39(44)45/h11-14,17-24,40-41H,3-10,15-16H2,1-2H3. The predicted octanol–water partition coefficient (Wildman–Crippen LogP) is 9.52. The maximum absolute atomic E-state index is 12.4. The maximum atomic E-state index is 12.4. The number of aromatic hydroxyl groups is 2. The van der Waals surface area contributed by atoms with E-state index in [4.69, 9.17) is 0 Å². The molecule has 45 heavy (non-hydrogen) atoms. The minimum atomic E-state index is -1.18. The van der Waals surface area contributed by atoms with E-state index < -0.39 is 26.6 Å². The van der Waals surface area contributed by atoms with E-state index in [0.29, 0.717) is 35.1 Å². The number of benzene rings is 4. The van der Waals surface area contributed by atoms with Crippen molar-refractivity contribution in [2.75, 3.05) is 0 Å². The third-order valence-corrected chi connectivity index (χ3v) is 9.15. The molecular formula is C37H40N2O6. The number of hydrogen-bond acceptors (Lipinski definition) is 6. The lowest BCUT2D eigenvalue weighted by Gasteiger charge is -2.34. The lowest BCUT2D eigenvalue weighted by Crippen LogP contribution is -2.29. The fourth-order valence-electron chi connectivity index (χ4n) is 6.96. The number of nitro benzene ring substituents is 2. The minimum Gasteiger partial charge on any atom is -0.502 e. The Hall–Kier alpha value is -4.72. The highest BCUT2D eigenvalue weighted by atomic mass is 16.6. The van der Waals surface area contributed by atoms with Crippen LogP contribution in [0.25, 0.3) is 11.1 Å². The number of phenolic OH excluding ortho intramolecular Hbond substituents is 2. The summed E-state index contributed by atoms with van der Waals surface area (Å²) in [5.41, 5.74) is 3.59. The van der Waals surface area contributed by atoms with Gasteiger partial charge >= 0.3 is 11.4 Å². The number of nitrogens with zero attached hydrogens (tertiary/aromatic N) is 2. The molecule has 8 nitrogen and oxygen atoms in total. The molecule has 0 radical (unpaired) electrons. The molecule has 0 aromatic heterocycles. The van der Waals surface area contributed by atoms with Gasteiger partial charge in [-0.25, -0.2) is 0 Å². The van der Waals surface area contributed by atoms with E-state index >= 15 is 0 Å². The highest BCUT2D eigenvalue weighted by Crippen LogP contribution is 2.58. The first-order valence-corrected chi connectivity index (χ1v) is 16.0. The summed E-state index contributed by atoms with van der Waals surface area (Å²) in [7, 11) is 0. The zero-order chi connectivity index (χ0) is 32.1. The number of hydrogen-bond donors (Lipinski definition) is 2. The average Bonchev–Trinajstić information content (AvgIpc) is 3.34. The van der Waals surface area contributed by atoms with Crippen LogP contribution in [0, 0.1) is 20.2 Å². The van der Waals surface area contributed by atoms with E-state index in [2.05, 4.69) is 13.8 Å². The molecule has 0 amide bonds. The molecule has 0 aliphatic heterocycles. The topological polar surface area (TPSA) is 127 Å². The molecule has 0 heterocycles. The SMILES string of the molecule is CCCCCCc1cc(C2(c3cc(CCCCCC)c(O)c([N+](=O)[O-])c3)c3ccccc3-c3ccccc32)cc([N+](=O)[O-])c1O. The molecule has 4 aromatic rings. The van der Waals surface area contributed by atoms with Gasteiger partial charge in [-0.2, -0.15) is 0 Å². The highest BCUT2D eigenvalue weighted by Gasteiger charge is 2.48. The molecule has 0 saturated carbocycles. The lowest BCUT2D eigenvalue weighted by molar-refractivity contribution is -0.386. The number of aryl methyl sites for hydroxylation is 2. The van der Waals surface area contributed by atoms with Gasteiger partial charge in [0.25, 0.3) is 0 Å². The number of phenols is 2. The van der Waals surface area contributed by atoms with E-state index in [-0.39, 0.29) is 11.5 Å². The Morgan fingerprint density at radius 3 is 1.38 bits per heavy atom. The Bertz CT molecular complexity index is 1600. The van der Waals surface area contributed by atoms with Gasteiger partial charge in [-0.1, -0.05) is 113 Å². The summed E-state index contributed by atoms with van der Waals surface area (Å²) in [5, 5.41) is 47.0. The number of unbranched alkanes of at least 4 members (excludes halogenated alkanes) is 6. The van der Waals surface area contributed by atoms with Crippen LogP contribution >= 0.6 is 0 Å². The number of rotatable bonds is 14. The van der Waals surface area contributed by atoms with Gasteiger partial charge in [-0.05, 0) is 59.1 Å². The zero-order valence-corrected chi connectivity index (χ0v) is 25.9. The van der Waals surface area contributed by atoms with E-state index in [1.165, 1.54) is 12.1 Å². The summed E-state index contributed by atoms with van der Waals surface area (Å²) in [6.07, 6.45) is 8.39. The second-order valence-electron chi connectivity index (χ2n) is 12.0. The van der Waals surface area contributed by atoms with Gasteiger partial charge in [0, 0.05) is 23.3 Å². The Labute approximate surface area is 263 Å². The van der Waals surface area contributed by atoms with E-state index in [9.17, 15) is 30.4 Å². The van der Waals surface area contributed by atoms with Crippen molar-refractivity contribution >= 4 is 11.4 Å². The lowest BCUT2D eigenvalue weighted by atomic mass is 9.66. The van der Waals surface area contributed by atoms with Crippen LogP contribution in [0.15, 0.2) is 72.8 Å². The van der Waals surface area contributed by atoms with Crippen molar-refractivity contribution in [3.05, 3.63) is 126 Å². The molecule has 0 saturated heterocycles. The maximum Gasteiger partial charge on any atom is 0.311 e. The van der Waals surface area contributed by atoms with Gasteiger partial charge in [-0.15, -0.1) is 0 Å². The van der Waals surface area contributed by atoms with Crippen LogP contribution in [-0.2, 0) is 18.3 Å². The van der Waals surface area contributed by atoms with Crippen molar-refractivity contribution in [3.8, 4) is 22.6 Å². The van der Waals surface area contributed by atoms with Crippen molar-refractivity contribution in [2.45, 2.75) is 83.5 Å². The van der Waals surface area contributed by atoms with Gasteiger partial charge < -0.3 is 10.2 Å². The molecule has 0 unspecified atom stereocenters. The molecule has 5 rings (SSSR count). The largest absolute Gasteiger partial charge is 0.502 e. The summed E-state index contributed by atoms with van der Waals surface area (Å²) >= 11 is 0. The quantitative estimate of drug-likeness (QED) is 0.0734. The number of nitro groups is 2. The Balaban J connectivity index is 1.86. The predicted molar refractivity (Wildman–Crippen MR) is 176 cm³/mol. The zero-order valence-electron chi connectivity index (χ0n) is 25.9. The summed E-state index contributed by atoms with van der Waals surface area (Å²) in [6.45, 7) is 4.22. The highest BCUT2D eigenvalue weighted by molar-refractivity contribution is 5.87. The molecule has 1 aliphatic carbocycles. The second-order valence-corrected chi connectivity index (χ2v) is 12.0. The monoisotopic (exact) mass is 608 g/mol. The van der Waals surface area contributed by atoms with Crippen LogP contribution in [-0.4, -0.2) is 20.1 Å². The van der Waals surface area contributed by atoms with Crippen molar-refractivity contribution in [1.29, 1.82) is 0 Å². The van der Waals surface area contributed by atoms with Gasteiger partial charge in [0.1, 0.15) is 0 Å². The van der Waals surface area contributed by atoms with Crippen molar-refractivity contribution < 1.29 is 20.1 Å². The molecule has 1 aliphatic rings.